The highest BCUT2D eigenvalue weighted by atomic mass is 79.9. The third-order valence-electron chi connectivity index (χ3n) is 3.20. The first-order chi connectivity index (χ1) is 8.66. The molecular formula is C14H18BrNOS. The van der Waals surface area contributed by atoms with Crippen molar-refractivity contribution in [3.8, 4) is 0 Å². The molecule has 0 atom stereocenters. The van der Waals surface area contributed by atoms with Gasteiger partial charge in [-0.1, -0.05) is 11.6 Å². The van der Waals surface area contributed by atoms with Crippen molar-refractivity contribution in [1.29, 1.82) is 0 Å². The Labute approximate surface area is 121 Å². The summed E-state index contributed by atoms with van der Waals surface area (Å²) in [5, 5.41) is 3.00. The van der Waals surface area contributed by atoms with Crippen molar-refractivity contribution < 1.29 is 4.79 Å². The van der Waals surface area contributed by atoms with E-state index in [1.807, 2.05) is 13.0 Å². The summed E-state index contributed by atoms with van der Waals surface area (Å²) >= 11 is 4.94. The third-order valence-corrected chi connectivity index (χ3v) is 5.33. The van der Waals surface area contributed by atoms with Gasteiger partial charge >= 0.3 is 0 Å². The van der Waals surface area contributed by atoms with Crippen LogP contribution in [-0.2, 0) is 0 Å². The van der Waals surface area contributed by atoms with Crippen molar-refractivity contribution in [2.24, 2.45) is 0 Å². The fourth-order valence-corrected chi connectivity index (χ4v) is 3.58. The van der Waals surface area contributed by atoms with Crippen LogP contribution in [0.3, 0.4) is 0 Å². The van der Waals surface area contributed by atoms with E-state index in [9.17, 15) is 4.79 Å². The van der Waals surface area contributed by atoms with Crippen molar-refractivity contribution in [1.82, 2.24) is 5.32 Å². The maximum Gasteiger partial charge on any atom is 0.261 e. The van der Waals surface area contributed by atoms with Gasteiger partial charge in [0.05, 0.1) is 8.66 Å². The molecule has 0 unspecified atom stereocenters. The number of carbonyl (C=O) groups is 1. The van der Waals surface area contributed by atoms with Gasteiger partial charge in [0.15, 0.2) is 0 Å². The summed E-state index contributed by atoms with van der Waals surface area (Å²) in [6, 6.07) is 1.93. The average Bonchev–Trinajstić information content (AvgIpc) is 2.71. The number of hydrogen-bond donors (Lipinski definition) is 1. The van der Waals surface area contributed by atoms with Crippen LogP contribution in [0, 0.1) is 6.92 Å². The number of allylic oxidation sites excluding steroid dienone is 1. The second kappa shape index (κ2) is 6.53. The molecule has 18 heavy (non-hydrogen) atoms. The lowest BCUT2D eigenvalue weighted by atomic mass is 9.97. The van der Waals surface area contributed by atoms with Crippen molar-refractivity contribution in [2.75, 3.05) is 6.54 Å². The molecule has 1 aliphatic rings. The van der Waals surface area contributed by atoms with E-state index in [2.05, 4.69) is 27.3 Å². The Bertz CT molecular complexity index is 445. The quantitative estimate of drug-likeness (QED) is 0.814. The number of rotatable bonds is 4. The van der Waals surface area contributed by atoms with E-state index >= 15 is 0 Å². The number of hydrogen-bond acceptors (Lipinski definition) is 2. The SMILES string of the molecule is Cc1cc(C(=O)NCCC2=CCCCC2)sc1Br. The van der Waals surface area contributed by atoms with Gasteiger partial charge in [-0.05, 0) is 66.6 Å². The van der Waals surface area contributed by atoms with Gasteiger partial charge < -0.3 is 5.32 Å². The number of carbonyl (C=O) groups excluding carboxylic acids is 1. The van der Waals surface area contributed by atoms with Crippen LogP contribution in [0.5, 0.6) is 0 Å². The molecule has 1 amide bonds. The molecule has 0 saturated heterocycles. The van der Waals surface area contributed by atoms with Crippen LogP contribution in [0.25, 0.3) is 0 Å². The first kappa shape index (κ1) is 13.8. The zero-order valence-electron chi connectivity index (χ0n) is 10.6. The summed E-state index contributed by atoms with van der Waals surface area (Å²) < 4.78 is 1.04. The maximum absolute atomic E-state index is 11.9. The Kier molecular flexibility index (Phi) is 5.01. The largest absolute Gasteiger partial charge is 0.351 e. The van der Waals surface area contributed by atoms with Gasteiger partial charge in [-0.15, -0.1) is 11.3 Å². The number of amides is 1. The predicted octanol–water partition coefficient (Wildman–Crippen LogP) is 4.44. The maximum atomic E-state index is 11.9. The minimum atomic E-state index is 0.0465. The fourth-order valence-electron chi connectivity index (χ4n) is 2.13. The molecule has 4 heteroatoms. The Morgan fingerprint density at radius 2 is 2.33 bits per heavy atom. The second-order valence-electron chi connectivity index (χ2n) is 4.68. The van der Waals surface area contributed by atoms with Gasteiger partial charge in [-0.3, -0.25) is 4.79 Å². The van der Waals surface area contributed by atoms with E-state index < -0.39 is 0 Å². The predicted molar refractivity (Wildman–Crippen MR) is 80.3 cm³/mol. The van der Waals surface area contributed by atoms with Crippen molar-refractivity contribution in [3.05, 3.63) is 31.9 Å². The van der Waals surface area contributed by atoms with Crippen LogP contribution in [0.1, 0.15) is 47.3 Å². The molecule has 0 saturated carbocycles. The van der Waals surface area contributed by atoms with Crippen LogP contribution in [-0.4, -0.2) is 12.5 Å². The summed E-state index contributed by atoms with van der Waals surface area (Å²) in [7, 11) is 0. The Hall–Kier alpha value is -0.610. The van der Waals surface area contributed by atoms with Crippen molar-refractivity contribution >= 4 is 33.2 Å². The highest BCUT2D eigenvalue weighted by molar-refractivity contribution is 9.11. The lowest BCUT2D eigenvalue weighted by molar-refractivity contribution is 0.0958. The van der Waals surface area contributed by atoms with Crippen LogP contribution in [0.15, 0.2) is 21.5 Å². The molecule has 2 nitrogen and oxygen atoms in total. The van der Waals surface area contributed by atoms with E-state index in [1.165, 1.54) is 42.6 Å². The van der Waals surface area contributed by atoms with E-state index in [-0.39, 0.29) is 5.91 Å². The first-order valence-electron chi connectivity index (χ1n) is 6.39. The van der Waals surface area contributed by atoms with Crippen molar-refractivity contribution in [3.63, 3.8) is 0 Å². The molecule has 98 valence electrons. The molecule has 0 spiro atoms. The average molecular weight is 328 g/mol. The smallest absolute Gasteiger partial charge is 0.261 e. The summed E-state index contributed by atoms with van der Waals surface area (Å²) in [6.45, 7) is 2.75. The van der Waals surface area contributed by atoms with E-state index in [4.69, 9.17) is 0 Å². The number of aryl methyl sites for hydroxylation is 1. The van der Waals surface area contributed by atoms with Crippen LogP contribution in [0.2, 0.25) is 0 Å². The Morgan fingerprint density at radius 3 is 2.94 bits per heavy atom. The third kappa shape index (κ3) is 3.69. The molecule has 0 aromatic carbocycles. The highest BCUT2D eigenvalue weighted by Gasteiger charge is 2.11. The molecule has 1 N–H and O–H groups in total. The molecule has 0 fully saturated rings. The fraction of sp³-hybridized carbons (Fsp3) is 0.500. The van der Waals surface area contributed by atoms with Gasteiger partial charge in [0.1, 0.15) is 0 Å². The molecule has 1 heterocycles. The normalized spacial score (nSPS) is 15.3. The molecule has 1 aromatic heterocycles. The zero-order valence-corrected chi connectivity index (χ0v) is 13.0. The van der Waals surface area contributed by atoms with Crippen molar-refractivity contribution in [2.45, 2.75) is 39.0 Å². The standard InChI is InChI=1S/C14H18BrNOS/c1-10-9-12(18-13(10)15)14(17)16-8-7-11-5-3-2-4-6-11/h5,9H,2-4,6-8H2,1H3,(H,16,17). The van der Waals surface area contributed by atoms with Gasteiger partial charge in [0, 0.05) is 6.54 Å². The molecule has 1 aromatic rings. The molecule has 1 aliphatic carbocycles. The summed E-state index contributed by atoms with van der Waals surface area (Å²) in [6.07, 6.45) is 8.37. The monoisotopic (exact) mass is 327 g/mol. The number of nitrogens with one attached hydrogen (secondary N) is 1. The van der Waals surface area contributed by atoms with Gasteiger partial charge in [0.2, 0.25) is 0 Å². The lowest BCUT2D eigenvalue weighted by Crippen LogP contribution is -2.24. The summed E-state index contributed by atoms with van der Waals surface area (Å²) in [5.74, 6) is 0.0465. The van der Waals surface area contributed by atoms with Gasteiger partial charge in [0.25, 0.3) is 5.91 Å². The Balaban J connectivity index is 1.79. The zero-order chi connectivity index (χ0) is 13.0. The summed E-state index contributed by atoms with van der Waals surface area (Å²) in [5.41, 5.74) is 2.63. The molecule has 2 rings (SSSR count). The molecule has 0 aliphatic heterocycles. The highest BCUT2D eigenvalue weighted by Crippen LogP contribution is 2.27. The second-order valence-corrected chi connectivity index (χ2v) is 7.05. The van der Waals surface area contributed by atoms with Gasteiger partial charge in [-0.2, -0.15) is 0 Å². The Morgan fingerprint density at radius 1 is 1.50 bits per heavy atom. The van der Waals surface area contributed by atoms with Gasteiger partial charge in [-0.25, -0.2) is 0 Å². The number of halogens is 1. The van der Waals surface area contributed by atoms with Crippen LogP contribution >= 0.6 is 27.3 Å². The van der Waals surface area contributed by atoms with Crippen LogP contribution < -0.4 is 5.32 Å². The van der Waals surface area contributed by atoms with E-state index in [0.717, 1.165) is 27.2 Å². The molecule has 0 radical (unpaired) electrons. The summed E-state index contributed by atoms with van der Waals surface area (Å²) in [4.78, 5) is 12.7. The van der Waals surface area contributed by atoms with E-state index in [0.29, 0.717) is 0 Å². The van der Waals surface area contributed by atoms with E-state index in [1.54, 1.807) is 0 Å². The topological polar surface area (TPSA) is 29.1 Å². The van der Waals surface area contributed by atoms with Crippen LogP contribution in [0.4, 0.5) is 0 Å². The molecule has 0 bridgehead atoms. The molecular weight excluding hydrogens is 310 g/mol. The minimum absolute atomic E-state index is 0.0465. The lowest BCUT2D eigenvalue weighted by Gasteiger charge is -2.12. The number of thiophene rings is 1. The minimum Gasteiger partial charge on any atom is -0.351 e. The first-order valence-corrected chi connectivity index (χ1v) is 8.00.